The fourth-order valence-electron chi connectivity index (χ4n) is 2.24. The SMILES string of the molecule is Cc1cc(C(=O)c2ccccc2)cnc1Nc1ccccc1. The minimum atomic E-state index is -0.0116. The van der Waals surface area contributed by atoms with Gasteiger partial charge in [0.25, 0.3) is 0 Å². The number of aromatic nitrogens is 1. The second-order valence-electron chi connectivity index (χ2n) is 5.08. The second kappa shape index (κ2) is 6.22. The second-order valence-corrected chi connectivity index (χ2v) is 5.08. The van der Waals surface area contributed by atoms with Crippen molar-refractivity contribution in [3.05, 3.63) is 89.6 Å². The fourth-order valence-corrected chi connectivity index (χ4v) is 2.24. The van der Waals surface area contributed by atoms with E-state index < -0.39 is 0 Å². The molecule has 0 atom stereocenters. The molecule has 1 N–H and O–H groups in total. The van der Waals surface area contributed by atoms with Crippen molar-refractivity contribution in [2.75, 3.05) is 5.32 Å². The summed E-state index contributed by atoms with van der Waals surface area (Å²) in [7, 11) is 0. The van der Waals surface area contributed by atoms with Crippen LogP contribution in [0.15, 0.2) is 72.9 Å². The normalized spacial score (nSPS) is 10.2. The van der Waals surface area contributed by atoms with Gasteiger partial charge in [-0.05, 0) is 30.7 Å². The smallest absolute Gasteiger partial charge is 0.194 e. The number of hydrogen-bond donors (Lipinski definition) is 1. The summed E-state index contributed by atoms with van der Waals surface area (Å²) in [6, 6.07) is 21.0. The topological polar surface area (TPSA) is 42.0 Å². The maximum absolute atomic E-state index is 12.4. The van der Waals surface area contributed by atoms with E-state index in [1.165, 1.54) is 0 Å². The summed E-state index contributed by atoms with van der Waals surface area (Å²) in [6.45, 7) is 1.94. The number of carbonyl (C=O) groups is 1. The largest absolute Gasteiger partial charge is 0.340 e. The molecular formula is C19H16N2O. The molecule has 0 aliphatic carbocycles. The number of nitrogens with zero attached hydrogens (tertiary/aromatic N) is 1. The Morgan fingerprint density at radius 2 is 1.55 bits per heavy atom. The highest BCUT2D eigenvalue weighted by atomic mass is 16.1. The summed E-state index contributed by atoms with van der Waals surface area (Å²) in [4.78, 5) is 16.8. The van der Waals surface area contributed by atoms with Gasteiger partial charge in [-0.15, -0.1) is 0 Å². The Morgan fingerprint density at radius 1 is 0.909 bits per heavy atom. The van der Waals surface area contributed by atoms with Crippen molar-refractivity contribution in [3.63, 3.8) is 0 Å². The van der Waals surface area contributed by atoms with Gasteiger partial charge in [-0.3, -0.25) is 4.79 Å². The van der Waals surface area contributed by atoms with Crippen LogP contribution < -0.4 is 5.32 Å². The molecule has 108 valence electrons. The van der Waals surface area contributed by atoms with Crippen LogP contribution in [0, 0.1) is 6.92 Å². The molecule has 0 bridgehead atoms. The lowest BCUT2D eigenvalue weighted by Crippen LogP contribution is -2.04. The molecule has 0 aliphatic heterocycles. The molecule has 0 radical (unpaired) electrons. The van der Waals surface area contributed by atoms with Crippen molar-refractivity contribution in [1.82, 2.24) is 4.98 Å². The Kier molecular flexibility index (Phi) is 3.97. The zero-order chi connectivity index (χ0) is 15.4. The van der Waals surface area contributed by atoms with Crippen molar-refractivity contribution >= 4 is 17.3 Å². The zero-order valence-electron chi connectivity index (χ0n) is 12.3. The first-order valence-corrected chi connectivity index (χ1v) is 7.12. The summed E-state index contributed by atoms with van der Waals surface area (Å²) in [5.41, 5.74) is 3.18. The van der Waals surface area contributed by atoms with Crippen molar-refractivity contribution in [3.8, 4) is 0 Å². The third kappa shape index (κ3) is 3.04. The minimum Gasteiger partial charge on any atom is -0.340 e. The predicted octanol–water partition coefficient (Wildman–Crippen LogP) is 4.36. The average Bonchev–Trinajstić information content (AvgIpc) is 2.58. The minimum absolute atomic E-state index is 0.0116. The van der Waals surface area contributed by atoms with Gasteiger partial charge in [-0.2, -0.15) is 0 Å². The van der Waals surface area contributed by atoms with Crippen LogP contribution in [0.1, 0.15) is 21.5 Å². The average molecular weight is 288 g/mol. The first-order chi connectivity index (χ1) is 10.7. The molecule has 22 heavy (non-hydrogen) atoms. The number of rotatable bonds is 4. The lowest BCUT2D eigenvalue weighted by Gasteiger charge is -2.10. The van der Waals surface area contributed by atoms with Crippen molar-refractivity contribution in [2.45, 2.75) is 6.92 Å². The molecule has 0 amide bonds. The van der Waals surface area contributed by atoms with E-state index in [9.17, 15) is 4.79 Å². The van der Waals surface area contributed by atoms with Crippen LogP contribution in [0.4, 0.5) is 11.5 Å². The summed E-state index contributed by atoms with van der Waals surface area (Å²) in [5.74, 6) is 0.748. The lowest BCUT2D eigenvalue weighted by molar-refractivity contribution is 0.103. The Morgan fingerprint density at radius 3 is 2.18 bits per heavy atom. The fraction of sp³-hybridized carbons (Fsp3) is 0.0526. The van der Waals surface area contributed by atoms with E-state index in [2.05, 4.69) is 10.3 Å². The first kappa shape index (κ1) is 14.0. The van der Waals surface area contributed by atoms with Gasteiger partial charge in [0.2, 0.25) is 0 Å². The highest BCUT2D eigenvalue weighted by molar-refractivity contribution is 6.09. The first-order valence-electron chi connectivity index (χ1n) is 7.12. The highest BCUT2D eigenvalue weighted by Crippen LogP contribution is 2.20. The van der Waals surface area contributed by atoms with Crippen molar-refractivity contribution in [1.29, 1.82) is 0 Å². The zero-order valence-corrected chi connectivity index (χ0v) is 12.3. The summed E-state index contributed by atoms with van der Waals surface area (Å²) < 4.78 is 0. The molecule has 3 heteroatoms. The van der Waals surface area contributed by atoms with Gasteiger partial charge in [0.05, 0.1) is 0 Å². The molecule has 0 saturated carbocycles. The van der Waals surface area contributed by atoms with Gasteiger partial charge in [-0.25, -0.2) is 4.98 Å². The quantitative estimate of drug-likeness (QED) is 0.725. The highest BCUT2D eigenvalue weighted by Gasteiger charge is 2.11. The van der Waals surface area contributed by atoms with Crippen molar-refractivity contribution in [2.24, 2.45) is 0 Å². The predicted molar refractivity (Wildman–Crippen MR) is 88.6 cm³/mol. The monoisotopic (exact) mass is 288 g/mol. The van der Waals surface area contributed by atoms with Crippen LogP contribution in [0.2, 0.25) is 0 Å². The molecule has 3 nitrogen and oxygen atoms in total. The number of carbonyl (C=O) groups excluding carboxylic acids is 1. The molecule has 0 saturated heterocycles. The maximum atomic E-state index is 12.4. The van der Waals surface area contributed by atoms with Crippen LogP contribution in [0.3, 0.4) is 0 Å². The molecular weight excluding hydrogens is 272 g/mol. The van der Waals surface area contributed by atoms with Gasteiger partial charge in [0, 0.05) is 23.0 Å². The van der Waals surface area contributed by atoms with Gasteiger partial charge >= 0.3 is 0 Å². The molecule has 3 aromatic rings. The van der Waals surface area contributed by atoms with E-state index in [0.717, 1.165) is 17.1 Å². The molecule has 1 heterocycles. The molecule has 0 spiro atoms. The van der Waals surface area contributed by atoms with Crippen LogP contribution in [-0.4, -0.2) is 10.8 Å². The van der Waals surface area contributed by atoms with Crippen molar-refractivity contribution < 1.29 is 4.79 Å². The van der Waals surface area contributed by atoms with Gasteiger partial charge in [0.15, 0.2) is 5.78 Å². The third-order valence-corrected chi connectivity index (χ3v) is 3.41. The summed E-state index contributed by atoms with van der Waals surface area (Å²) in [5, 5.41) is 3.26. The molecule has 3 rings (SSSR count). The Bertz CT molecular complexity index is 783. The van der Waals surface area contributed by atoms with E-state index in [0.29, 0.717) is 11.1 Å². The van der Waals surface area contributed by atoms with Crippen LogP contribution >= 0.6 is 0 Å². The van der Waals surface area contributed by atoms with Gasteiger partial charge in [-0.1, -0.05) is 48.5 Å². The van der Waals surface area contributed by atoms with Gasteiger partial charge in [0.1, 0.15) is 5.82 Å². The van der Waals surface area contributed by atoms with Gasteiger partial charge < -0.3 is 5.32 Å². The van der Waals surface area contributed by atoms with E-state index in [1.807, 2.05) is 73.7 Å². The number of benzene rings is 2. The number of hydrogen-bond acceptors (Lipinski definition) is 3. The number of nitrogens with one attached hydrogen (secondary N) is 1. The van der Waals surface area contributed by atoms with Crippen LogP contribution in [0.25, 0.3) is 0 Å². The van der Waals surface area contributed by atoms with E-state index in [4.69, 9.17) is 0 Å². The summed E-state index contributed by atoms with van der Waals surface area (Å²) in [6.07, 6.45) is 1.62. The summed E-state index contributed by atoms with van der Waals surface area (Å²) >= 11 is 0. The molecule has 1 aromatic heterocycles. The number of pyridine rings is 1. The molecule has 2 aromatic carbocycles. The molecule has 0 fully saturated rings. The molecule has 0 aliphatic rings. The van der Waals surface area contributed by atoms with Crippen LogP contribution in [0.5, 0.6) is 0 Å². The Hall–Kier alpha value is -2.94. The molecule has 0 unspecified atom stereocenters. The van der Waals surface area contributed by atoms with E-state index in [-0.39, 0.29) is 5.78 Å². The number of ketones is 1. The van der Waals surface area contributed by atoms with E-state index in [1.54, 1.807) is 6.20 Å². The van der Waals surface area contributed by atoms with E-state index >= 15 is 0 Å². The Balaban J connectivity index is 1.85. The number of anilines is 2. The maximum Gasteiger partial charge on any atom is 0.194 e. The number of aryl methyl sites for hydroxylation is 1. The lowest BCUT2D eigenvalue weighted by atomic mass is 10.0. The Labute approximate surface area is 129 Å². The third-order valence-electron chi connectivity index (χ3n) is 3.41. The number of para-hydroxylation sites is 1. The standard InChI is InChI=1S/C19H16N2O/c1-14-12-16(18(22)15-8-4-2-5-9-15)13-20-19(14)21-17-10-6-3-7-11-17/h2-13H,1H3,(H,20,21). The van der Waals surface area contributed by atoms with Crippen LogP contribution in [-0.2, 0) is 0 Å².